The maximum Gasteiger partial charge on any atom is 0.127 e. The Morgan fingerprint density at radius 2 is 1.78 bits per heavy atom. The van der Waals surface area contributed by atoms with Crippen LogP contribution >= 0.6 is 0 Å². The van der Waals surface area contributed by atoms with Gasteiger partial charge in [-0.15, -0.1) is 0 Å². The molecule has 1 radical (unpaired) electrons. The second-order valence-corrected chi connectivity index (χ2v) is 5.50. The van der Waals surface area contributed by atoms with Gasteiger partial charge >= 0.3 is 0 Å². The van der Waals surface area contributed by atoms with E-state index >= 15 is 0 Å². The number of aliphatic hydroxyl groups excluding tert-OH is 1. The Balaban J connectivity index is 2.87. The van der Waals surface area contributed by atoms with Gasteiger partial charge in [0.05, 0.1) is 0 Å². The van der Waals surface area contributed by atoms with Gasteiger partial charge in [0.15, 0.2) is 0 Å². The second kappa shape index (κ2) is 7.10. The van der Waals surface area contributed by atoms with Crippen molar-refractivity contribution in [1.29, 1.82) is 0 Å². The number of hydrogen-bond donors (Lipinski definition) is 2. The summed E-state index contributed by atoms with van der Waals surface area (Å²) in [6, 6.07) is 0. The molecule has 0 aromatic carbocycles. The molecule has 0 aliphatic heterocycles. The van der Waals surface area contributed by atoms with E-state index in [1.807, 2.05) is 25.2 Å². The molecule has 1 unspecified atom stereocenters. The first-order chi connectivity index (χ1) is 8.55. The van der Waals surface area contributed by atoms with E-state index in [-0.39, 0.29) is 11.5 Å². The van der Waals surface area contributed by atoms with E-state index in [2.05, 4.69) is 13.8 Å². The molecule has 0 aromatic heterocycles. The summed E-state index contributed by atoms with van der Waals surface area (Å²) in [5.41, 5.74) is 7.22. The van der Waals surface area contributed by atoms with Gasteiger partial charge in [0, 0.05) is 11.5 Å². The lowest BCUT2D eigenvalue weighted by Gasteiger charge is -2.37. The number of unbranched alkanes of at least 4 members (excludes halogenated alkanes) is 2. The van der Waals surface area contributed by atoms with E-state index in [1.54, 1.807) is 0 Å². The third-order valence-corrected chi connectivity index (χ3v) is 3.86. The van der Waals surface area contributed by atoms with Gasteiger partial charge in [-0.2, -0.15) is 0 Å². The minimum absolute atomic E-state index is 0.0937. The van der Waals surface area contributed by atoms with E-state index in [1.165, 1.54) is 0 Å². The Hall–Kier alpha value is -0.600. The van der Waals surface area contributed by atoms with Crippen molar-refractivity contribution in [2.45, 2.75) is 64.8 Å². The lowest BCUT2D eigenvalue weighted by Crippen LogP contribution is -2.45. The van der Waals surface area contributed by atoms with Crippen molar-refractivity contribution in [1.82, 2.24) is 0 Å². The molecule has 103 valence electrons. The summed E-state index contributed by atoms with van der Waals surface area (Å²) < 4.78 is 0. The molecule has 1 aliphatic carbocycles. The molecule has 1 atom stereocenters. The van der Waals surface area contributed by atoms with E-state index < -0.39 is 0 Å². The highest BCUT2D eigenvalue weighted by Gasteiger charge is 2.35. The molecule has 0 saturated heterocycles. The van der Waals surface area contributed by atoms with Crippen molar-refractivity contribution >= 4 is 0 Å². The van der Waals surface area contributed by atoms with Gasteiger partial charge in [-0.05, 0) is 18.4 Å². The summed E-state index contributed by atoms with van der Waals surface area (Å²) in [4.78, 5) is 0. The topological polar surface area (TPSA) is 46.2 Å². The van der Waals surface area contributed by atoms with Crippen LogP contribution in [0.1, 0.15) is 59.3 Å². The Morgan fingerprint density at radius 3 is 2.28 bits per heavy atom. The van der Waals surface area contributed by atoms with Crippen LogP contribution in [-0.4, -0.2) is 10.6 Å². The van der Waals surface area contributed by atoms with Crippen LogP contribution in [0.5, 0.6) is 0 Å². The van der Waals surface area contributed by atoms with Gasteiger partial charge in [0.2, 0.25) is 0 Å². The zero-order valence-corrected chi connectivity index (χ0v) is 12.1. The fourth-order valence-corrected chi connectivity index (χ4v) is 2.54. The smallest absolute Gasteiger partial charge is 0.127 e. The van der Waals surface area contributed by atoms with Crippen LogP contribution in [0, 0.1) is 12.0 Å². The predicted molar refractivity (Wildman–Crippen MR) is 77.5 cm³/mol. The molecule has 0 fully saturated rings. The number of hydrogen-bond acceptors (Lipinski definition) is 2. The lowest BCUT2D eigenvalue weighted by atomic mass is 9.74. The average Bonchev–Trinajstić information content (AvgIpc) is 2.37. The van der Waals surface area contributed by atoms with Crippen molar-refractivity contribution in [2.75, 3.05) is 0 Å². The minimum Gasteiger partial charge on any atom is -0.381 e. The van der Waals surface area contributed by atoms with Gasteiger partial charge in [0.1, 0.15) is 6.10 Å². The summed E-state index contributed by atoms with van der Waals surface area (Å²) in [6.45, 7) is 6.38. The Kier molecular flexibility index (Phi) is 6.10. The molecule has 0 bridgehead atoms. The second-order valence-electron chi connectivity index (χ2n) is 5.50. The quantitative estimate of drug-likeness (QED) is 0.714. The maximum absolute atomic E-state index is 10.3. The third-order valence-electron chi connectivity index (χ3n) is 3.86. The lowest BCUT2D eigenvalue weighted by molar-refractivity contribution is 0.248. The van der Waals surface area contributed by atoms with Crippen LogP contribution in [0.3, 0.4) is 0 Å². The van der Waals surface area contributed by atoms with Crippen LogP contribution in [-0.2, 0) is 0 Å². The summed E-state index contributed by atoms with van der Waals surface area (Å²) >= 11 is 0. The molecule has 2 heteroatoms. The molecule has 0 heterocycles. The number of aliphatic hydroxyl groups is 1. The molecule has 0 spiro atoms. The SMILES string of the molecule is CCCCC(N)(CCCC)C1=CC=CC(C)[C]1O. The number of nitrogens with two attached hydrogens (primary N) is 1. The van der Waals surface area contributed by atoms with E-state index in [0.717, 1.165) is 44.1 Å². The van der Waals surface area contributed by atoms with Crippen LogP contribution in [0.2, 0.25) is 0 Å². The highest BCUT2D eigenvalue weighted by Crippen LogP contribution is 2.37. The third kappa shape index (κ3) is 3.69. The van der Waals surface area contributed by atoms with Gasteiger partial charge in [-0.3, -0.25) is 0 Å². The summed E-state index contributed by atoms with van der Waals surface area (Å²) in [5.74, 6) is 0.0937. The van der Waals surface area contributed by atoms with E-state index in [0.29, 0.717) is 6.10 Å². The Labute approximate surface area is 112 Å². The van der Waals surface area contributed by atoms with E-state index in [4.69, 9.17) is 5.73 Å². The van der Waals surface area contributed by atoms with Crippen molar-refractivity contribution in [3.8, 4) is 0 Å². The molecular weight excluding hydrogens is 222 g/mol. The predicted octanol–water partition coefficient (Wildman–Crippen LogP) is 4.10. The fourth-order valence-electron chi connectivity index (χ4n) is 2.54. The van der Waals surface area contributed by atoms with Crippen molar-refractivity contribution in [3.05, 3.63) is 29.9 Å². The Morgan fingerprint density at radius 1 is 1.22 bits per heavy atom. The molecule has 18 heavy (non-hydrogen) atoms. The fraction of sp³-hybridized carbons (Fsp3) is 0.688. The Bertz CT molecular complexity index is 298. The molecule has 1 aliphatic rings. The zero-order chi connectivity index (χ0) is 13.6. The molecular formula is C16H28NO. The zero-order valence-electron chi connectivity index (χ0n) is 12.1. The first-order valence-electron chi connectivity index (χ1n) is 7.29. The maximum atomic E-state index is 10.3. The van der Waals surface area contributed by atoms with Crippen molar-refractivity contribution in [2.24, 2.45) is 11.7 Å². The highest BCUT2D eigenvalue weighted by atomic mass is 16.3. The molecule has 2 nitrogen and oxygen atoms in total. The average molecular weight is 250 g/mol. The number of allylic oxidation sites excluding steroid dienone is 2. The number of rotatable bonds is 7. The summed E-state index contributed by atoms with van der Waals surface area (Å²) in [7, 11) is 0. The van der Waals surface area contributed by atoms with E-state index in [9.17, 15) is 5.11 Å². The molecule has 0 aromatic rings. The van der Waals surface area contributed by atoms with Gasteiger partial charge in [-0.25, -0.2) is 0 Å². The normalized spacial score (nSPS) is 21.2. The monoisotopic (exact) mass is 250 g/mol. The van der Waals surface area contributed by atoms with Gasteiger partial charge < -0.3 is 10.8 Å². The molecule has 3 N–H and O–H groups in total. The van der Waals surface area contributed by atoms with Crippen LogP contribution in [0.25, 0.3) is 0 Å². The minimum atomic E-state index is -0.352. The molecule has 0 saturated carbocycles. The summed E-state index contributed by atoms with van der Waals surface area (Å²) in [6.07, 6.45) is 12.9. The van der Waals surface area contributed by atoms with Crippen LogP contribution in [0.15, 0.2) is 23.8 Å². The van der Waals surface area contributed by atoms with Gasteiger partial charge in [0.25, 0.3) is 0 Å². The first-order valence-corrected chi connectivity index (χ1v) is 7.29. The largest absolute Gasteiger partial charge is 0.381 e. The first kappa shape index (κ1) is 15.5. The molecule has 1 rings (SSSR count). The van der Waals surface area contributed by atoms with Gasteiger partial charge in [-0.1, -0.05) is 64.7 Å². The highest BCUT2D eigenvalue weighted by molar-refractivity contribution is 5.39. The van der Waals surface area contributed by atoms with Crippen molar-refractivity contribution < 1.29 is 5.11 Å². The van der Waals surface area contributed by atoms with Crippen LogP contribution in [0.4, 0.5) is 0 Å². The van der Waals surface area contributed by atoms with Crippen molar-refractivity contribution in [3.63, 3.8) is 0 Å². The summed E-state index contributed by atoms with van der Waals surface area (Å²) in [5, 5.41) is 10.3. The van der Waals surface area contributed by atoms with Crippen LogP contribution < -0.4 is 5.73 Å². The standard InChI is InChI=1S/C16H28NO/c1-4-6-11-16(17,12-7-5-2)14-10-8-9-13(3)15(14)18/h8-10,13,18H,4-7,11-12,17H2,1-3H3. The molecule has 0 amide bonds.